The van der Waals surface area contributed by atoms with E-state index >= 15 is 0 Å². The van der Waals surface area contributed by atoms with Crippen LogP contribution in [0.5, 0.6) is 0 Å². The van der Waals surface area contributed by atoms with Gasteiger partial charge in [0.15, 0.2) is 5.76 Å². The second kappa shape index (κ2) is 5.90. The van der Waals surface area contributed by atoms with Crippen LogP contribution in [0.15, 0.2) is 41.1 Å². The van der Waals surface area contributed by atoms with Gasteiger partial charge in [0.25, 0.3) is 0 Å². The summed E-state index contributed by atoms with van der Waals surface area (Å²) in [4.78, 5) is 16.3. The molecule has 0 bridgehead atoms. The number of nitrogens with zero attached hydrogens (tertiary/aromatic N) is 1. The van der Waals surface area contributed by atoms with Crippen LogP contribution in [0, 0.1) is 5.92 Å². The minimum Gasteiger partial charge on any atom is -0.463 e. The molecule has 1 aliphatic carbocycles. The van der Waals surface area contributed by atoms with Crippen molar-refractivity contribution in [3.8, 4) is 11.5 Å². The Morgan fingerprint density at radius 2 is 2.20 bits per heavy atom. The number of carbonyl (C=O) groups is 1. The first-order valence-corrected chi connectivity index (χ1v) is 7.09. The third-order valence-electron chi connectivity index (χ3n) is 3.79. The smallest absolute Gasteiger partial charge is 0.223 e. The monoisotopic (exact) mass is 270 g/mol. The highest BCUT2D eigenvalue weighted by molar-refractivity contribution is 5.78. The van der Waals surface area contributed by atoms with E-state index in [-0.39, 0.29) is 11.8 Å². The standard InChI is InChI=1S/C16H18N2O2/c19-16(13-4-1-2-5-13)18-11-12-7-8-17-14(10-12)15-6-3-9-20-15/h3,6-10,13H,1-2,4-5,11H2,(H,18,19). The lowest BCUT2D eigenvalue weighted by Gasteiger charge is -2.10. The van der Waals surface area contributed by atoms with Gasteiger partial charge in [-0.15, -0.1) is 0 Å². The van der Waals surface area contributed by atoms with Gasteiger partial charge in [0.05, 0.1) is 6.26 Å². The van der Waals surface area contributed by atoms with Crippen molar-refractivity contribution in [2.24, 2.45) is 5.92 Å². The van der Waals surface area contributed by atoms with Gasteiger partial charge in [-0.2, -0.15) is 0 Å². The van der Waals surface area contributed by atoms with E-state index < -0.39 is 0 Å². The molecule has 0 radical (unpaired) electrons. The number of rotatable bonds is 4. The van der Waals surface area contributed by atoms with Crippen molar-refractivity contribution in [2.75, 3.05) is 0 Å². The molecule has 0 aromatic carbocycles. The first kappa shape index (κ1) is 12.9. The molecule has 0 unspecified atom stereocenters. The zero-order chi connectivity index (χ0) is 13.8. The van der Waals surface area contributed by atoms with Gasteiger partial charge in [0, 0.05) is 18.7 Å². The third-order valence-corrected chi connectivity index (χ3v) is 3.79. The topological polar surface area (TPSA) is 55.1 Å². The molecule has 1 aliphatic rings. The summed E-state index contributed by atoms with van der Waals surface area (Å²) in [6.07, 6.45) is 7.78. The number of hydrogen-bond acceptors (Lipinski definition) is 3. The molecule has 4 heteroatoms. The maximum atomic E-state index is 12.0. The van der Waals surface area contributed by atoms with E-state index in [0.717, 1.165) is 29.9 Å². The lowest BCUT2D eigenvalue weighted by Crippen LogP contribution is -2.28. The number of amides is 1. The molecule has 1 fully saturated rings. The van der Waals surface area contributed by atoms with Crippen LogP contribution in [0.2, 0.25) is 0 Å². The summed E-state index contributed by atoms with van der Waals surface area (Å²) in [6, 6.07) is 7.59. The Morgan fingerprint density at radius 3 is 2.95 bits per heavy atom. The number of nitrogens with one attached hydrogen (secondary N) is 1. The van der Waals surface area contributed by atoms with Gasteiger partial charge in [-0.1, -0.05) is 12.8 Å². The van der Waals surface area contributed by atoms with Gasteiger partial charge in [0.2, 0.25) is 5.91 Å². The summed E-state index contributed by atoms with van der Waals surface area (Å²) >= 11 is 0. The molecular formula is C16H18N2O2. The zero-order valence-electron chi connectivity index (χ0n) is 11.3. The minimum absolute atomic E-state index is 0.180. The minimum atomic E-state index is 0.180. The molecule has 20 heavy (non-hydrogen) atoms. The molecule has 1 amide bonds. The van der Waals surface area contributed by atoms with Crippen molar-refractivity contribution in [3.63, 3.8) is 0 Å². The maximum Gasteiger partial charge on any atom is 0.223 e. The first-order chi connectivity index (χ1) is 9.83. The van der Waals surface area contributed by atoms with E-state index in [2.05, 4.69) is 10.3 Å². The van der Waals surface area contributed by atoms with Gasteiger partial charge in [-0.25, -0.2) is 0 Å². The van der Waals surface area contributed by atoms with E-state index in [1.807, 2.05) is 24.3 Å². The average molecular weight is 270 g/mol. The van der Waals surface area contributed by atoms with Crippen LogP contribution in [0.4, 0.5) is 0 Å². The van der Waals surface area contributed by atoms with Crippen LogP contribution >= 0.6 is 0 Å². The summed E-state index contributed by atoms with van der Waals surface area (Å²) < 4.78 is 5.33. The van der Waals surface area contributed by atoms with Crippen LogP contribution in [-0.2, 0) is 11.3 Å². The average Bonchev–Trinajstić information content (AvgIpc) is 3.17. The van der Waals surface area contributed by atoms with Crippen molar-refractivity contribution in [3.05, 3.63) is 42.3 Å². The Balaban J connectivity index is 1.63. The van der Waals surface area contributed by atoms with Gasteiger partial charge < -0.3 is 9.73 Å². The Morgan fingerprint density at radius 1 is 1.35 bits per heavy atom. The normalized spacial score (nSPS) is 15.4. The molecule has 1 saturated carbocycles. The molecule has 0 atom stereocenters. The van der Waals surface area contributed by atoms with E-state index in [4.69, 9.17) is 4.42 Å². The molecule has 0 spiro atoms. The molecule has 3 rings (SSSR count). The van der Waals surface area contributed by atoms with Crippen molar-refractivity contribution < 1.29 is 9.21 Å². The summed E-state index contributed by atoms with van der Waals surface area (Å²) in [6.45, 7) is 0.547. The van der Waals surface area contributed by atoms with Crippen LogP contribution in [-0.4, -0.2) is 10.9 Å². The van der Waals surface area contributed by atoms with Crippen LogP contribution in [0.25, 0.3) is 11.5 Å². The summed E-state index contributed by atoms with van der Waals surface area (Å²) in [5, 5.41) is 3.02. The summed E-state index contributed by atoms with van der Waals surface area (Å²) in [5.41, 5.74) is 1.83. The Kier molecular flexibility index (Phi) is 3.81. The fourth-order valence-electron chi connectivity index (χ4n) is 2.66. The van der Waals surface area contributed by atoms with Crippen molar-refractivity contribution >= 4 is 5.91 Å². The molecule has 0 saturated heterocycles. The predicted octanol–water partition coefficient (Wildman–Crippen LogP) is 3.15. The largest absolute Gasteiger partial charge is 0.463 e. The maximum absolute atomic E-state index is 12.0. The lowest BCUT2D eigenvalue weighted by atomic mass is 10.1. The summed E-state index contributed by atoms with van der Waals surface area (Å²) in [5.74, 6) is 1.13. The molecule has 2 aromatic heterocycles. The van der Waals surface area contributed by atoms with E-state index in [9.17, 15) is 4.79 Å². The fourth-order valence-corrected chi connectivity index (χ4v) is 2.66. The molecule has 2 aromatic rings. The second-order valence-corrected chi connectivity index (χ2v) is 5.23. The fraction of sp³-hybridized carbons (Fsp3) is 0.375. The highest BCUT2D eigenvalue weighted by atomic mass is 16.3. The quantitative estimate of drug-likeness (QED) is 0.928. The van der Waals surface area contributed by atoms with Gasteiger partial charge in [0.1, 0.15) is 5.69 Å². The number of pyridine rings is 1. The number of aromatic nitrogens is 1. The molecule has 4 nitrogen and oxygen atoms in total. The van der Waals surface area contributed by atoms with Crippen LogP contribution in [0.3, 0.4) is 0 Å². The Bertz CT molecular complexity index is 572. The van der Waals surface area contributed by atoms with Gasteiger partial charge in [-0.05, 0) is 42.7 Å². The highest BCUT2D eigenvalue weighted by Crippen LogP contribution is 2.24. The highest BCUT2D eigenvalue weighted by Gasteiger charge is 2.22. The van der Waals surface area contributed by atoms with Crippen LogP contribution < -0.4 is 5.32 Å². The van der Waals surface area contributed by atoms with E-state index in [0.29, 0.717) is 6.54 Å². The SMILES string of the molecule is O=C(NCc1ccnc(-c2ccco2)c1)C1CCCC1. The molecular weight excluding hydrogens is 252 g/mol. The van der Waals surface area contributed by atoms with Gasteiger partial charge >= 0.3 is 0 Å². The molecule has 2 heterocycles. The van der Waals surface area contributed by atoms with Gasteiger partial charge in [-0.3, -0.25) is 9.78 Å². The second-order valence-electron chi connectivity index (χ2n) is 5.23. The lowest BCUT2D eigenvalue weighted by molar-refractivity contribution is -0.124. The zero-order valence-corrected chi connectivity index (χ0v) is 11.3. The van der Waals surface area contributed by atoms with E-state index in [1.165, 1.54) is 12.8 Å². The summed E-state index contributed by atoms with van der Waals surface area (Å²) in [7, 11) is 0. The number of hydrogen-bond donors (Lipinski definition) is 1. The molecule has 0 aliphatic heterocycles. The van der Waals surface area contributed by atoms with E-state index in [1.54, 1.807) is 12.5 Å². The molecule has 1 N–H and O–H groups in total. The predicted molar refractivity (Wildman–Crippen MR) is 75.7 cm³/mol. The first-order valence-electron chi connectivity index (χ1n) is 7.09. The van der Waals surface area contributed by atoms with Crippen molar-refractivity contribution in [1.29, 1.82) is 0 Å². The van der Waals surface area contributed by atoms with Crippen LogP contribution in [0.1, 0.15) is 31.2 Å². The Hall–Kier alpha value is -2.10. The number of carbonyl (C=O) groups excluding carboxylic acids is 1. The third kappa shape index (κ3) is 2.90. The molecule has 104 valence electrons. The Labute approximate surface area is 118 Å². The van der Waals surface area contributed by atoms with Crippen molar-refractivity contribution in [2.45, 2.75) is 32.2 Å². The number of furan rings is 1. The van der Waals surface area contributed by atoms with Crippen molar-refractivity contribution in [1.82, 2.24) is 10.3 Å².